The SMILES string of the molecule is CCOc1c(Cl)cc(-c2nc3cc(OC)c(OC)cc3[nH]2)cc1Cl. The third-order valence-electron chi connectivity index (χ3n) is 3.55. The largest absolute Gasteiger partial charge is 0.493 e. The molecule has 5 nitrogen and oxygen atoms in total. The minimum absolute atomic E-state index is 0.440. The smallest absolute Gasteiger partial charge is 0.163 e. The fourth-order valence-electron chi connectivity index (χ4n) is 2.45. The van der Waals surface area contributed by atoms with Crippen LogP contribution in [0.2, 0.25) is 10.0 Å². The van der Waals surface area contributed by atoms with Crippen LogP contribution in [-0.4, -0.2) is 30.8 Å². The van der Waals surface area contributed by atoms with Gasteiger partial charge in [0, 0.05) is 17.7 Å². The van der Waals surface area contributed by atoms with Gasteiger partial charge in [-0.3, -0.25) is 0 Å². The molecular formula is C17H16Cl2N2O3. The molecule has 7 heteroatoms. The molecule has 1 heterocycles. The van der Waals surface area contributed by atoms with Crippen LogP contribution in [0.3, 0.4) is 0 Å². The van der Waals surface area contributed by atoms with Crippen molar-refractivity contribution >= 4 is 34.2 Å². The van der Waals surface area contributed by atoms with Crippen molar-refractivity contribution in [1.82, 2.24) is 9.97 Å². The van der Waals surface area contributed by atoms with E-state index in [9.17, 15) is 0 Å². The number of hydrogen-bond donors (Lipinski definition) is 1. The highest BCUT2D eigenvalue weighted by Gasteiger charge is 2.14. The number of nitrogens with zero attached hydrogens (tertiary/aromatic N) is 1. The molecule has 0 fully saturated rings. The zero-order chi connectivity index (χ0) is 17.3. The van der Waals surface area contributed by atoms with Gasteiger partial charge in [-0.1, -0.05) is 23.2 Å². The number of nitrogens with one attached hydrogen (secondary N) is 1. The Balaban J connectivity index is 2.09. The van der Waals surface area contributed by atoms with Crippen LogP contribution < -0.4 is 14.2 Å². The minimum atomic E-state index is 0.440. The van der Waals surface area contributed by atoms with Crippen LogP contribution in [0, 0.1) is 0 Å². The molecule has 0 saturated heterocycles. The molecular weight excluding hydrogens is 351 g/mol. The molecule has 3 rings (SSSR count). The van der Waals surface area contributed by atoms with Gasteiger partial charge in [0.25, 0.3) is 0 Å². The van der Waals surface area contributed by atoms with Crippen LogP contribution in [0.1, 0.15) is 6.92 Å². The van der Waals surface area contributed by atoms with Gasteiger partial charge in [-0.25, -0.2) is 4.98 Å². The fraction of sp³-hybridized carbons (Fsp3) is 0.235. The first kappa shape index (κ1) is 16.7. The molecule has 0 aliphatic rings. The maximum Gasteiger partial charge on any atom is 0.163 e. The lowest BCUT2D eigenvalue weighted by Gasteiger charge is -2.09. The number of H-pyrrole nitrogens is 1. The molecule has 0 aliphatic carbocycles. The molecule has 0 unspecified atom stereocenters. The molecule has 1 aromatic heterocycles. The Kier molecular flexibility index (Phi) is 4.73. The molecule has 0 aliphatic heterocycles. The van der Waals surface area contributed by atoms with Crippen molar-refractivity contribution in [3.05, 3.63) is 34.3 Å². The minimum Gasteiger partial charge on any atom is -0.493 e. The predicted octanol–water partition coefficient (Wildman–Crippen LogP) is 4.95. The topological polar surface area (TPSA) is 56.4 Å². The Labute approximate surface area is 149 Å². The van der Waals surface area contributed by atoms with Crippen LogP contribution in [0.5, 0.6) is 17.2 Å². The molecule has 24 heavy (non-hydrogen) atoms. The summed E-state index contributed by atoms with van der Waals surface area (Å²) in [7, 11) is 3.18. The van der Waals surface area contributed by atoms with E-state index in [2.05, 4.69) is 9.97 Å². The van der Waals surface area contributed by atoms with Gasteiger partial charge in [-0.15, -0.1) is 0 Å². The summed E-state index contributed by atoms with van der Waals surface area (Å²) in [5, 5.41) is 0.880. The summed E-state index contributed by atoms with van der Waals surface area (Å²) in [5.41, 5.74) is 2.34. The highest BCUT2D eigenvalue weighted by Crippen LogP contribution is 2.38. The van der Waals surface area contributed by atoms with Crippen LogP contribution >= 0.6 is 23.2 Å². The highest BCUT2D eigenvalue weighted by molar-refractivity contribution is 6.37. The number of halogens is 2. The van der Waals surface area contributed by atoms with E-state index >= 15 is 0 Å². The highest BCUT2D eigenvalue weighted by atomic mass is 35.5. The number of methoxy groups -OCH3 is 2. The molecule has 0 amide bonds. The molecule has 0 spiro atoms. The van der Waals surface area contributed by atoms with Gasteiger partial charge in [0.2, 0.25) is 0 Å². The van der Waals surface area contributed by atoms with Crippen molar-refractivity contribution in [2.45, 2.75) is 6.92 Å². The molecule has 0 atom stereocenters. The van der Waals surface area contributed by atoms with Gasteiger partial charge in [0.1, 0.15) is 5.82 Å². The quantitative estimate of drug-likeness (QED) is 0.693. The molecule has 3 aromatic rings. The molecule has 2 aromatic carbocycles. The second-order valence-electron chi connectivity index (χ2n) is 5.01. The lowest BCUT2D eigenvalue weighted by molar-refractivity contribution is 0.340. The number of ether oxygens (including phenoxy) is 3. The van der Waals surface area contributed by atoms with Crippen LogP contribution in [0.15, 0.2) is 24.3 Å². The number of aromatic nitrogens is 2. The van der Waals surface area contributed by atoms with Crippen LogP contribution in [0.25, 0.3) is 22.4 Å². The van der Waals surface area contributed by atoms with Crippen molar-refractivity contribution in [2.24, 2.45) is 0 Å². The van der Waals surface area contributed by atoms with Crippen molar-refractivity contribution in [1.29, 1.82) is 0 Å². The maximum atomic E-state index is 6.27. The first-order valence-electron chi connectivity index (χ1n) is 7.31. The third-order valence-corrected chi connectivity index (χ3v) is 4.11. The van der Waals surface area contributed by atoms with E-state index in [4.69, 9.17) is 37.4 Å². The number of rotatable bonds is 5. The second-order valence-corrected chi connectivity index (χ2v) is 5.83. The zero-order valence-corrected chi connectivity index (χ0v) is 15.0. The molecule has 0 saturated carbocycles. The van der Waals surface area contributed by atoms with Crippen LogP contribution in [-0.2, 0) is 0 Å². The van der Waals surface area contributed by atoms with E-state index in [1.807, 2.05) is 19.1 Å². The van der Waals surface area contributed by atoms with Crippen molar-refractivity contribution in [2.75, 3.05) is 20.8 Å². The maximum absolute atomic E-state index is 6.27. The van der Waals surface area contributed by atoms with Gasteiger partial charge in [0.15, 0.2) is 17.2 Å². The lowest BCUT2D eigenvalue weighted by atomic mass is 10.2. The van der Waals surface area contributed by atoms with Gasteiger partial charge in [-0.2, -0.15) is 0 Å². The Morgan fingerprint density at radius 3 is 2.21 bits per heavy atom. The fourth-order valence-corrected chi connectivity index (χ4v) is 3.05. The summed E-state index contributed by atoms with van der Waals surface area (Å²) >= 11 is 12.5. The Hall–Kier alpha value is -2.11. The van der Waals surface area contributed by atoms with Crippen LogP contribution in [0.4, 0.5) is 0 Å². The first-order valence-corrected chi connectivity index (χ1v) is 8.07. The number of benzene rings is 2. The van der Waals surface area contributed by atoms with Gasteiger partial charge in [0.05, 0.1) is 41.9 Å². The number of aromatic amines is 1. The Bertz CT molecular complexity index is 829. The Morgan fingerprint density at radius 1 is 1.00 bits per heavy atom. The van der Waals surface area contributed by atoms with E-state index in [0.29, 0.717) is 39.7 Å². The summed E-state index contributed by atoms with van der Waals surface area (Å²) in [5.74, 6) is 2.37. The molecule has 1 N–H and O–H groups in total. The molecule has 0 bridgehead atoms. The first-order chi connectivity index (χ1) is 11.6. The molecule has 0 radical (unpaired) electrons. The lowest BCUT2D eigenvalue weighted by Crippen LogP contribution is -1.94. The predicted molar refractivity (Wildman–Crippen MR) is 95.8 cm³/mol. The van der Waals surface area contributed by atoms with E-state index in [1.54, 1.807) is 26.4 Å². The van der Waals surface area contributed by atoms with Gasteiger partial charge >= 0.3 is 0 Å². The number of hydrogen-bond acceptors (Lipinski definition) is 4. The number of fused-ring (bicyclic) bond motifs is 1. The number of imidazole rings is 1. The van der Waals surface area contributed by atoms with Crippen molar-refractivity contribution < 1.29 is 14.2 Å². The van der Waals surface area contributed by atoms with E-state index in [1.165, 1.54) is 0 Å². The summed E-state index contributed by atoms with van der Waals surface area (Å²) < 4.78 is 16.1. The summed E-state index contributed by atoms with van der Waals surface area (Å²) in [6.07, 6.45) is 0. The van der Waals surface area contributed by atoms with E-state index in [0.717, 1.165) is 16.6 Å². The average molecular weight is 367 g/mol. The van der Waals surface area contributed by atoms with E-state index in [-0.39, 0.29) is 0 Å². The zero-order valence-electron chi connectivity index (χ0n) is 13.4. The average Bonchev–Trinajstić information content (AvgIpc) is 2.99. The van der Waals surface area contributed by atoms with Gasteiger partial charge in [-0.05, 0) is 19.1 Å². The second kappa shape index (κ2) is 6.79. The third kappa shape index (κ3) is 2.97. The van der Waals surface area contributed by atoms with Crippen molar-refractivity contribution in [3.63, 3.8) is 0 Å². The monoisotopic (exact) mass is 366 g/mol. The van der Waals surface area contributed by atoms with Crippen molar-refractivity contribution in [3.8, 4) is 28.6 Å². The summed E-state index contributed by atoms with van der Waals surface area (Å²) in [6, 6.07) is 7.18. The normalized spacial score (nSPS) is 10.9. The van der Waals surface area contributed by atoms with E-state index < -0.39 is 0 Å². The standard InChI is InChI=1S/C17H16Cl2N2O3/c1-4-24-16-10(18)5-9(6-11(16)19)17-20-12-7-14(22-2)15(23-3)8-13(12)21-17/h5-8H,4H2,1-3H3,(H,20,21). The summed E-state index contributed by atoms with van der Waals surface area (Å²) in [6.45, 7) is 2.36. The Morgan fingerprint density at radius 2 is 1.62 bits per heavy atom. The van der Waals surface area contributed by atoms with Gasteiger partial charge < -0.3 is 19.2 Å². The summed E-state index contributed by atoms with van der Waals surface area (Å²) in [4.78, 5) is 7.81. The molecule has 126 valence electrons.